The molecule has 0 bridgehead atoms. The molecule has 15 heavy (non-hydrogen) atoms. The van der Waals surface area contributed by atoms with Gasteiger partial charge in [-0.3, -0.25) is 0 Å². The maximum atomic E-state index is 3.26. The van der Waals surface area contributed by atoms with Gasteiger partial charge in [-0.15, -0.1) is 11.3 Å². The average Bonchev–Trinajstić information content (AvgIpc) is 2.74. The summed E-state index contributed by atoms with van der Waals surface area (Å²) in [5, 5.41) is 1.28. The van der Waals surface area contributed by atoms with Gasteiger partial charge in [0.05, 0.1) is 0 Å². The highest BCUT2D eigenvalue weighted by molar-refractivity contribution is 7.22. The second-order valence-electron chi connectivity index (χ2n) is 3.43. The topological polar surface area (TPSA) is 0 Å². The van der Waals surface area contributed by atoms with Gasteiger partial charge >= 0.3 is 0 Å². The summed E-state index contributed by atoms with van der Waals surface area (Å²) in [4.78, 5) is 1.31. The molecule has 0 fully saturated rings. The van der Waals surface area contributed by atoms with Crippen molar-refractivity contribution in [2.75, 3.05) is 0 Å². The zero-order chi connectivity index (χ0) is 10.1. The third kappa shape index (κ3) is 1.55. The lowest BCUT2D eigenvalue weighted by atomic mass is 10.2. The van der Waals surface area contributed by atoms with E-state index in [0.29, 0.717) is 0 Å². The first-order valence-corrected chi connectivity index (χ1v) is 5.71. The number of hydrogen-bond donors (Lipinski definition) is 0. The summed E-state index contributed by atoms with van der Waals surface area (Å²) in [5.41, 5.74) is 1.28. The summed E-state index contributed by atoms with van der Waals surface area (Å²) in [6.07, 6.45) is 0. The minimum Gasteiger partial charge on any atom is -0.135 e. The quantitative estimate of drug-likeness (QED) is 0.558. The minimum absolute atomic E-state index is 1.23. The van der Waals surface area contributed by atoms with E-state index in [4.69, 9.17) is 0 Å². The van der Waals surface area contributed by atoms with E-state index in [0.717, 1.165) is 0 Å². The molecule has 0 N–H and O–H groups in total. The maximum Gasteiger partial charge on any atom is 0.0428 e. The fourth-order valence-electron chi connectivity index (χ4n) is 1.66. The molecule has 0 saturated carbocycles. The molecule has 1 heterocycles. The molecule has 1 radical (unpaired) electrons. The van der Waals surface area contributed by atoms with Crippen molar-refractivity contribution in [1.29, 1.82) is 0 Å². The van der Waals surface area contributed by atoms with Crippen LogP contribution in [0.4, 0.5) is 0 Å². The number of thiophene rings is 1. The first-order chi connectivity index (χ1) is 7.43. The smallest absolute Gasteiger partial charge is 0.0428 e. The molecule has 71 valence electrons. The van der Waals surface area contributed by atoms with Crippen LogP contribution in [0.25, 0.3) is 20.5 Å². The molecule has 0 nitrogen and oxygen atoms in total. The predicted molar refractivity (Wildman–Crippen MR) is 66.1 cm³/mol. The van der Waals surface area contributed by atoms with Crippen molar-refractivity contribution >= 4 is 21.4 Å². The van der Waals surface area contributed by atoms with Crippen LogP contribution < -0.4 is 0 Å². The Kier molecular flexibility index (Phi) is 2.04. The van der Waals surface area contributed by atoms with Crippen LogP contribution in [0, 0.1) is 6.07 Å². The largest absolute Gasteiger partial charge is 0.135 e. The van der Waals surface area contributed by atoms with Crippen molar-refractivity contribution in [3.05, 3.63) is 60.7 Å². The van der Waals surface area contributed by atoms with Gasteiger partial charge < -0.3 is 0 Å². The summed E-state index contributed by atoms with van der Waals surface area (Å²) >= 11 is 1.79. The zero-order valence-electron chi connectivity index (χ0n) is 8.10. The van der Waals surface area contributed by atoms with Crippen molar-refractivity contribution in [2.24, 2.45) is 0 Å². The summed E-state index contributed by atoms with van der Waals surface area (Å²) in [6, 6.07) is 22.1. The van der Waals surface area contributed by atoms with Crippen molar-refractivity contribution in [3.63, 3.8) is 0 Å². The van der Waals surface area contributed by atoms with Crippen LogP contribution in [0.3, 0.4) is 0 Å². The molecule has 0 aliphatic rings. The monoisotopic (exact) mass is 209 g/mol. The fourth-order valence-corrected chi connectivity index (χ4v) is 2.69. The van der Waals surface area contributed by atoms with E-state index in [1.54, 1.807) is 11.3 Å². The third-order valence-corrected chi connectivity index (χ3v) is 3.54. The highest BCUT2D eigenvalue weighted by atomic mass is 32.1. The van der Waals surface area contributed by atoms with Gasteiger partial charge in [0.25, 0.3) is 0 Å². The van der Waals surface area contributed by atoms with Crippen LogP contribution in [0.15, 0.2) is 54.6 Å². The summed E-state index contributed by atoms with van der Waals surface area (Å²) < 4.78 is 1.23. The molecule has 3 aromatic rings. The molecule has 1 heteroatoms. The molecule has 3 rings (SSSR count). The molecule has 0 aliphatic heterocycles. The predicted octanol–water partition coefficient (Wildman–Crippen LogP) is 4.37. The summed E-state index contributed by atoms with van der Waals surface area (Å²) in [7, 11) is 0. The number of hydrogen-bond acceptors (Lipinski definition) is 1. The van der Waals surface area contributed by atoms with Crippen LogP contribution in [-0.2, 0) is 0 Å². The Morgan fingerprint density at radius 2 is 1.80 bits per heavy atom. The van der Waals surface area contributed by atoms with Crippen LogP contribution >= 0.6 is 11.3 Å². The standard InChI is InChI=1S/C14H9S/c1-2-6-11(7-3-1)14-10-12-8-4-5-9-13(12)15-14/h1-8,10H. The van der Waals surface area contributed by atoms with Gasteiger partial charge in [0.2, 0.25) is 0 Å². The van der Waals surface area contributed by atoms with Crippen molar-refractivity contribution in [3.8, 4) is 10.4 Å². The Hall–Kier alpha value is -1.60. The Morgan fingerprint density at radius 1 is 0.933 bits per heavy atom. The van der Waals surface area contributed by atoms with E-state index in [2.05, 4.69) is 42.5 Å². The average molecular weight is 209 g/mol. The molecular formula is C14H9S. The van der Waals surface area contributed by atoms with Gasteiger partial charge in [0.1, 0.15) is 0 Å². The first kappa shape index (κ1) is 8.69. The zero-order valence-corrected chi connectivity index (χ0v) is 8.92. The van der Waals surface area contributed by atoms with Crippen LogP contribution in [-0.4, -0.2) is 0 Å². The minimum atomic E-state index is 1.23. The third-order valence-electron chi connectivity index (χ3n) is 2.41. The van der Waals surface area contributed by atoms with E-state index in [1.807, 2.05) is 18.2 Å². The SMILES string of the molecule is [c]1cccc2cc(-c3ccccc3)sc12. The Labute approximate surface area is 92.8 Å². The van der Waals surface area contributed by atoms with Gasteiger partial charge in [-0.2, -0.15) is 0 Å². The molecular weight excluding hydrogens is 200 g/mol. The number of fused-ring (bicyclic) bond motifs is 1. The van der Waals surface area contributed by atoms with E-state index < -0.39 is 0 Å². The van der Waals surface area contributed by atoms with Gasteiger partial charge in [-0.1, -0.05) is 48.5 Å². The Morgan fingerprint density at radius 3 is 2.60 bits per heavy atom. The van der Waals surface area contributed by atoms with Gasteiger partial charge in [0.15, 0.2) is 0 Å². The van der Waals surface area contributed by atoms with Crippen LogP contribution in [0.5, 0.6) is 0 Å². The van der Waals surface area contributed by atoms with E-state index in [-0.39, 0.29) is 0 Å². The van der Waals surface area contributed by atoms with Crippen LogP contribution in [0.1, 0.15) is 0 Å². The molecule has 0 aliphatic carbocycles. The van der Waals surface area contributed by atoms with E-state index in [1.165, 1.54) is 20.5 Å². The summed E-state index contributed by atoms with van der Waals surface area (Å²) in [5.74, 6) is 0. The van der Waals surface area contributed by atoms with E-state index >= 15 is 0 Å². The van der Waals surface area contributed by atoms with Gasteiger partial charge in [0, 0.05) is 15.6 Å². The lowest BCUT2D eigenvalue weighted by Gasteiger charge is -1.93. The molecule has 0 saturated heterocycles. The molecule has 2 aromatic carbocycles. The van der Waals surface area contributed by atoms with Gasteiger partial charge in [-0.05, 0) is 17.0 Å². The van der Waals surface area contributed by atoms with Crippen molar-refractivity contribution in [1.82, 2.24) is 0 Å². The molecule has 0 spiro atoms. The first-order valence-electron chi connectivity index (χ1n) is 4.89. The lowest BCUT2D eigenvalue weighted by molar-refractivity contribution is 1.70. The van der Waals surface area contributed by atoms with Crippen molar-refractivity contribution in [2.45, 2.75) is 0 Å². The highest BCUT2D eigenvalue weighted by Gasteiger charge is 2.02. The second-order valence-corrected chi connectivity index (χ2v) is 4.48. The Balaban J connectivity index is 2.21. The maximum absolute atomic E-state index is 3.26. The highest BCUT2D eigenvalue weighted by Crippen LogP contribution is 2.32. The lowest BCUT2D eigenvalue weighted by Crippen LogP contribution is -1.67. The van der Waals surface area contributed by atoms with E-state index in [9.17, 15) is 0 Å². The number of rotatable bonds is 1. The summed E-state index contributed by atoms with van der Waals surface area (Å²) in [6.45, 7) is 0. The Bertz CT molecular complexity index is 545. The second kappa shape index (κ2) is 3.52. The van der Waals surface area contributed by atoms with Crippen LogP contribution in [0.2, 0.25) is 0 Å². The fraction of sp³-hybridized carbons (Fsp3) is 0. The molecule has 0 amide bonds. The molecule has 0 atom stereocenters. The number of benzene rings is 2. The van der Waals surface area contributed by atoms with Gasteiger partial charge in [-0.25, -0.2) is 0 Å². The molecule has 0 unspecified atom stereocenters. The van der Waals surface area contributed by atoms with Crippen molar-refractivity contribution < 1.29 is 0 Å². The molecule has 1 aromatic heterocycles. The normalized spacial score (nSPS) is 10.7.